The molecule has 0 unspecified atom stereocenters. The van der Waals surface area contributed by atoms with Crippen LogP contribution in [0.25, 0.3) is 11.1 Å². The van der Waals surface area contributed by atoms with Crippen molar-refractivity contribution in [2.24, 2.45) is 0 Å². The lowest BCUT2D eigenvalue weighted by molar-refractivity contribution is 0.304. The Morgan fingerprint density at radius 1 is 0.720 bits per heavy atom. The Balaban J connectivity index is 1.66. The molecule has 3 heteroatoms. The SMILES string of the molecule is [B]CCCCCCCCCOc1ccc(-c2ccc(C#N)cc2)cc1. The van der Waals surface area contributed by atoms with Crippen molar-refractivity contribution < 1.29 is 4.74 Å². The predicted molar refractivity (Wildman–Crippen MR) is 105 cm³/mol. The molecular weight excluding hydrogens is 305 g/mol. The van der Waals surface area contributed by atoms with E-state index in [0.29, 0.717) is 5.56 Å². The molecular formula is C22H26BNO. The third kappa shape index (κ3) is 7.05. The number of hydrogen-bond acceptors (Lipinski definition) is 2. The van der Waals surface area contributed by atoms with Crippen molar-refractivity contribution in [3.63, 3.8) is 0 Å². The Morgan fingerprint density at radius 2 is 1.24 bits per heavy atom. The summed E-state index contributed by atoms with van der Waals surface area (Å²) in [4.78, 5) is 0. The molecule has 2 aromatic carbocycles. The number of benzene rings is 2. The Morgan fingerprint density at radius 3 is 1.80 bits per heavy atom. The first-order valence-corrected chi connectivity index (χ1v) is 9.27. The van der Waals surface area contributed by atoms with E-state index in [4.69, 9.17) is 17.8 Å². The summed E-state index contributed by atoms with van der Waals surface area (Å²) in [5.41, 5.74) is 2.93. The van der Waals surface area contributed by atoms with Crippen LogP contribution in [-0.2, 0) is 0 Å². The van der Waals surface area contributed by atoms with Crippen molar-refractivity contribution in [1.29, 1.82) is 5.26 Å². The molecule has 25 heavy (non-hydrogen) atoms. The van der Waals surface area contributed by atoms with Crippen LogP contribution >= 0.6 is 0 Å². The molecule has 0 aliphatic heterocycles. The first kappa shape index (κ1) is 19.1. The molecule has 128 valence electrons. The van der Waals surface area contributed by atoms with Gasteiger partial charge in [-0.25, -0.2) is 0 Å². The van der Waals surface area contributed by atoms with Crippen molar-refractivity contribution >= 4 is 7.85 Å². The third-order valence-electron chi connectivity index (χ3n) is 4.32. The minimum Gasteiger partial charge on any atom is -0.494 e. The molecule has 0 spiro atoms. The van der Waals surface area contributed by atoms with Crippen LogP contribution in [0.15, 0.2) is 48.5 Å². The average Bonchev–Trinajstić information content (AvgIpc) is 2.67. The van der Waals surface area contributed by atoms with E-state index in [9.17, 15) is 0 Å². The van der Waals surface area contributed by atoms with E-state index in [1.807, 2.05) is 36.4 Å². The standard InChI is InChI=1S/C22H26BNO/c23-16-6-4-2-1-3-5-7-17-25-22-14-12-21(13-15-22)20-10-8-19(18-24)9-11-20/h8-15H,1-7,16-17H2. The quantitative estimate of drug-likeness (QED) is 0.378. The van der Waals surface area contributed by atoms with E-state index in [1.54, 1.807) is 0 Å². The highest BCUT2D eigenvalue weighted by molar-refractivity contribution is 6.08. The van der Waals surface area contributed by atoms with Crippen LogP contribution in [0.4, 0.5) is 0 Å². The van der Waals surface area contributed by atoms with Crippen LogP contribution in [0, 0.1) is 11.3 Å². The largest absolute Gasteiger partial charge is 0.494 e. The predicted octanol–water partition coefficient (Wildman–Crippen LogP) is 5.92. The molecule has 0 atom stereocenters. The van der Waals surface area contributed by atoms with Crippen molar-refractivity contribution in [2.45, 2.75) is 51.3 Å². The van der Waals surface area contributed by atoms with Gasteiger partial charge in [-0.05, 0) is 41.8 Å². The van der Waals surface area contributed by atoms with Gasteiger partial charge < -0.3 is 4.74 Å². The molecule has 0 aliphatic carbocycles. The van der Waals surface area contributed by atoms with Crippen LogP contribution in [0.1, 0.15) is 50.5 Å². The summed E-state index contributed by atoms with van der Waals surface area (Å²) in [7, 11) is 5.49. The maximum atomic E-state index is 8.85. The first-order chi connectivity index (χ1) is 12.3. The zero-order valence-corrected chi connectivity index (χ0v) is 14.9. The normalized spacial score (nSPS) is 10.4. The number of nitriles is 1. The molecule has 0 saturated carbocycles. The van der Waals surface area contributed by atoms with Gasteiger partial charge in [-0.3, -0.25) is 0 Å². The monoisotopic (exact) mass is 331 g/mol. The fraction of sp³-hybridized carbons (Fsp3) is 0.409. The van der Waals surface area contributed by atoms with Gasteiger partial charge in [-0.15, -0.1) is 0 Å². The maximum absolute atomic E-state index is 8.85. The van der Waals surface area contributed by atoms with Gasteiger partial charge in [0, 0.05) is 0 Å². The smallest absolute Gasteiger partial charge is 0.119 e. The van der Waals surface area contributed by atoms with Crippen molar-refractivity contribution in [3.05, 3.63) is 54.1 Å². The summed E-state index contributed by atoms with van der Waals surface area (Å²) >= 11 is 0. The average molecular weight is 331 g/mol. The molecule has 2 radical (unpaired) electrons. The Labute approximate surface area is 153 Å². The topological polar surface area (TPSA) is 33.0 Å². The van der Waals surface area contributed by atoms with Crippen LogP contribution in [0.2, 0.25) is 6.32 Å². The second kappa shape index (κ2) is 11.4. The van der Waals surface area contributed by atoms with Crippen LogP contribution in [-0.4, -0.2) is 14.5 Å². The lowest BCUT2D eigenvalue weighted by Gasteiger charge is -2.08. The summed E-state index contributed by atoms with van der Waals surface area (Å²) in [5.74, 6) is 0.917. The summed E-state index contributed by atoms with van der Waals surface area (Å²) < 4.78 is 5.82. The van der Waals surface area contributed by atoms with Gasteiger partial charge in [0.1, 0.15) is 5.75 Å². The van der Waals surface area contributed by atoms with Crippen molar-refractivity contribution in [1.82, 2.24) is 0 Å². The minimum absolute atomic E-state index is 0.683. The Bertz CT molecular complexity index is 643. The Hall–Kier alpha value is -2.21. The van der Waals surface area contributed by atoms with Crippen LogP contribution < -0.4 is 4.74 Å². The zero-order chi connectivity index (χ0) is 17.7. The highest BCUT2D eigenvalue weighted by Crippen LogP contribution is 2.23. The van der Waals surface area contributed by atoms with Gasteiger partial charge >= 0.3 is 0 Å². The van der Waals surface area contributed by atoms with Crippen molar-refractivity contribution in [2.75, 3.05) is 6.61 Å². The van der Waals surface area contributed by atoms with E-state index >= 15 is 0 Å². The summed E-state index contributed by atoms with van der Waals surface area (Å²) in [6.07, 6.45) is 9.46. The van der Waals surface area contributed by atoms with Gasteiger partial charge in [-0.1, -0.05) is 69.1 Å². The number of nitrogens with zero attached hydrogens (tertiary/aromatic N) is 1. The van der Waals surface area contributed by atoms with E-state index in [-0.39, 0.29) is 0 Å². The molecule has 2 aromatic rings. The summed E-state index contributed by atoms with van der Waals surface area (Å²) in [6, 6.07) is 17.9. The molecule has 0 amide bonds. The molecule has 0 N–H and O–H groups in total. The molecule has 0 bridgehead atoms. The highest BCUT2D eigenvalue weighted by Gasteiger charge is 2.00. The van der Waals surface area contributed by atoms with Crippen molar-refractivity contribution in [3.8, 4) is 22.9 Å². The van der Waals surface area contributed by atoms with E-state index in [1.165, 1.54) is 32.1 Å². The van der Waals surface area contributed by atoms with Gasteiger partial charge in [0.15, 0.2) is 0 Å². The highest BCUT2D eigenvalue weighted by atomic mass is 16.5. The third-order valence-corrected chi connectivity index (χ3v) is 4.32. The molecule has 0 heterocycles. The molecule has 2 nitrogen and oxygen atoms in total. The second-order valence-corrected chi connectivity index (χ2v) is 6.33. The number of hydrogen-bond donors (Lipinski definition) is 0. The number of ether oxygens (including phenoxy) is 1. The Kier molecular flexibility index (Phi) is 8.70. The summed E-state index contributed by atoms with van der Waals surface area (Å²) in [6.45, 7) is 0.777. The van der Waals surface area contributed by atoms with Gasteiger partial charge in [0.05, 0.1) is 26.1 Å². The fourth-order valence-electron chi connectivity index (χ4n) is 2.80. The minimum atomic E-state index is 0.683. The van der Waals surface area contributed by atoms with Gasteiger partial charge in [0.2, 0.25) is 0 Å². The molecule has 0 fully saturated rings. The fourth-order valence-corrected chi connectivity index (χ4v) is 2.80. The van der Waals surface area contributed by atoms with Gasteiger partial charge in [-0.2, -0.15) is 5.26 Å². The first-order valence-electron chi connectivity index (χ1n) is 9.27. The summed E-state index contributed by atoms with van der Waals surface area (Å²) in [5, 5.41) is 8.85. The molecule has 2 rings (SSSR count). The van der Waals surface area contributed by atoms with Gasteiger partial charge in [0.25, 0.3) is 0 Å². The number of unbranched alkanes of at least 4 members (excludes halogenated alkanes) is 6. The van der Waals surface area contributed by atoms with E-state index in [2.05, 4.69) is 18.2 Å². The van der Waals surface area contributed by atoms with E-state index < -0.39 is 0 Å². The van der Waals surface area contributed by atoms with E-state index in [0.717, 1.165) is 42.6 Å². The maximum Gasteiger partial charge on any atom is 0.119 e. The van der Waals surface area contributed by atoms with Crippen LogP contribution in [0.5, 0.6) is 5.75 Å². The zero-order valence-electron chi connectivity index (χ0n) is 14.9. The second-order valence-electron chi connectivity index (χ2n) is 6.33. The molecule has 0 aromatic heterocycles. The number of rotatable bonds is 11. The van der Waals surface area contributed by atoms with Crippen LogP contribution in [0.3, 0.4) is 0 Å². The lowest BCUT2D eigenvalue weighted by Crippen LogP contribution is -1.97. The lowest BCUT2D eigenvalue weighted by atomic mass is 9.98. The molecule has 0 aliphatic rings. The molecule has 0 saturated heterocycles.